The van der Waals surface area contributed by atoms with E-state index in [1.54, 1.807) is 0 Å². The van der Waals surface area contributed by atoms with Crippen molar-refractivity contribution in [2.24, 2.45) is 0 Å². The zero-order chi connectivity index (χ0) is 10.4. The molecule has 1 rings (SSSR count). The lowest BCUT2D eigenvalue weighted by Crippen LogP contribution is -2.25. The van der Waals surface area contributed by atoms with E-state index in [-0.39, 0.29) is 4.87 Å². The van der Waals surface area contributed by atoms with E-state index in [9.17, 15) is 4.79 Å². The zero-order valence-corrected chi connectivity index (χ0v) is 9.19. The molecule has 1 heterocycles. The molecule has 4 heteroatoms. The number of hydrogen-bond acceptors (Lipinski definition) is 3. The molecule has 3 nitrogen and oxygen atoms in total. The number of thiazole rings is 1. The standard InChI is InChI=1S/C10H16N2OS/c1-3-4-5-8(2)11-6-9-7-14-10(13)12-9/h3,7-8,11H,1,4-6H2,2H3,(H,12,13). The Morgan fingerprint density at radius 1 is 1.79 bits per heavy atom. The van der Waals surface area contributed by atoms with E-state index >= 15 is 0 Å². The minimum Gasteiger partial charge on any atom is -0.315 e. The van der Waals surface area contributed by atoms with Gasteiger partial charge < -0.3 is 10.3 Å². The largest absolute Gasteiger partial charge is 0.315 e. The summed E-state index contributed by atoms with van der Waals surface area (Å²) in [5.41, 5.74) is 0.963. The van der Waals surface area contributed by atoms with E-state index < -0.39 is 0 Å². The highest BCUT2D eigenvalue weighted by Gasteiger charge is 2.01. The number of aromatic nitrogens is 1. The summed E-state index contributed by atoms with van der Waals surface area (Å²) >= 11 is 1.21. The molecule has 0 saturated heterocycles. The zero-order valence-electron chi connectivity index (χ0n) is 8.38. The Morgan fingerprint density at radius 2 is 2.57 bits per heavy atom. The topological polar surface area (TPSA) is 44.9 Å². The highest BCUT2D eigenvalue weighted by molar-refractivity contribution is 7.07. The number of hydrogen-bond donors (Lipinski definition) is 2. The third-order valence-corrected chi connectivity index (χ3v) is 2.73. The molecule has 0 fully saturated rings. The van der Waals surface area contributed by atoms with Gasteiger partial charge in [-0.1, -0.05) is 17.4 Å². The SMILES string of the molecule is C=CCCC(C)NCc1csc(=O)[nH]1. The summed E-state index contributed by atoms with van der Waals surface area (Å²) in [7, 11) is 0. The van der Waals surface area contributed by atoms with Crippen molar-refractivity contribution >= 4 is 11.3 Å². The van der Waals surface area contributed by atoms with Crippen molar-refractivity contribution in [1.82, 2.24) is 10.3 Å². The molecule has 1 aromatic heterocycles. The van der Waals surface area contributed by atoms with Gasteiger partial charge in [-0.25, -0.2) is 0 Å². The molecule has 0 bridgehead atoms. The van der Waals surface area contributed by atoms with E-state index in [1.807, 2.05) is 11.5 Å². The van der Waals surface area contributed by atoms with Gasteiger partial charge in [0.25, 0.3) is 0 Å². The fourth-order valence-electron chi connectivity index (χ4n) is 1.15. The van der Waals surface area contributed by atoms with E-state index in [4.69, 9.17) is 0 Å². The van der Waals surface area contributed by atoms with Crippen molar-refractivity contribution in [2.75, 3.05) is 0 Å². The summed E-state index contributed by atoms with van der Waals surface area (Å²) in [6.45, 7) is 6.55. The molecule has 1 unspecified atom stereocenters. The Balaban J connectivity index is 2.26. The fraction of sp³-hybridized carbons (Fsp3) is 0.500. The van der Waals surface area contributed by atoms with Gasteiger partial charge in [0.05, 0.1) is 0 Å². The Hall–Kier alpha value is -0.870. The Labute approximate surface area is 87.9 Å². The van der Waals surface area contributed by atoms with Gasteiger partial charge >= 0.3 is 4.87 Å². The normalized spacial score (nSPS) is 12.6. The quantitative estimate of drug-likeness (QED) is 0.707. The van der Waals surface area contributed by atoms with Gasteiger partial charge in [-0.3, -0.25) is 4.79 Å². The molecule has 1 aromatic rings. The van der Waals surface area contributed by atoms with Crippen LogP contribution in [-0.2, 0) is 6.54 Å². The first-order chi connectivity index (χ1) is 6.72. The highest BCUT2D eigenvalue weighted by atomic mass is 32.1. The van der Waals surface area contributed by atoms with Crippen molar-refractivity contribution in [3.05, 3.63) is 33.4 Å². The molecule has 0 radical (unpaired) electrons. The first kappa shape index (κ1) is 11.2. The second-order valence-electron chi connectivity index (χ2n) is 3.32. The third kappa shape index (κ3) is 3.89. The Bertz CT molecular complexity index is 329. The third-order valence-electron chi connectivity index (χ3n) is 2.02. The summed E-state index contributed by atoms with van der Waals surface area (Å²) in [6, 6.07) is 0.455. The monoisotopic (exact) mass is 212 g/mol. The van der Waals surface area contributed by atoms with Gasteiger partial charge in [-0.15, -0.1) is 6.58 Å². The van der Waals surface area contributed by atoms with E-state index in [2.05, 4.69) is 23.8 Å². The molecule has 1 atom stereocenters. The number of rotatable bonds is 6. The molecule has 2 N–H and O–H groups in total. The molecule has 0 aliphatic carbocycles. The smallest absolute Gasteiger partial charge is 0.304 e. The Kier molecular flexibility index (Phi) is 4.62. The van der Waals surface area contributed by atoms with Gasteiger partial charge in [-0.2, -0.15) is 0 Å². The average Bonchev–Trinajstić information content (AvgIpc) is 2.58. The van der Waals surface area contributed by atoms with Gasteiger partial charge in [0.15, 0.2) is 0 Å². The van der Waals surface area contributed by atoms with Gasteiger partial charge in [0.1, 0.15) is 0 Å². The van der Waals surface area contributed by atoms with Gasteiger partial charge in [0.2, 0.25) is 0 Å². The summed E-state index contributed by atoms with van der Waals surface area (Å²) in [5, 5.41) is 5.19. The molecule has 0 aromatic carbocycles. The lowest BCUT2D eigenvalue weighted by Gasteiger charge is -2.11. The van der Waals surface area contributed by atoms with Crippen LogP contribution in [0, 0.1) is 0 Å². The first-order valence-corrected chi connectivity index (χ1v) is 5.61. The maximum Gasteiger partial charge on any atom is 0.304 e. The molecule has 0 amide bonds. The summed E-state index contributed by atoms with van der Waals surface area (Å²) in [5.74, 6) is 0. The molecule has 14 heavy (non-hydrogen) atoms. The molecule has 0 aliphatic rings. The van der Waals surface area contributed by atoms with Crippen molar-refractivity contribution in [1.29, 1.82) is 0 Å². The van der Waals surface area contributed by atoms with Crippen LogP contribution in [0.1, 0.15) is 25.5 Å². The lowest BCUT2D eigenvalue weighted by molar-refractivity contribution is 0.514. The van der Waals surface area contributed by atoms with Crippen LogP contribution in [0.5, 0.6) is 0 Å². The fourth-order valence-corrected chi connectivity index (χ4v) is 1.74. The Morgan fingerprint density at radius 3 is 3.14 bits per heavy atom. The number of H-pyrrole nitrogens is 1. The van der Waals surface area contributed by atoms with Crippen LogP contribution in [0.4, 0.5) is 0 Å². The number of aromatic amines is 1. The van der Waals surface area contributed by atoms with Crippen molar-refractivity contribution in [3.8, 4) is 0 Å². The average molecular weight is 212 g/mol. The minimum atomic E-state index is 0.0144. The van der Waals surface area contributed by atoms with E-state index in [0.717, 1.165) is 25.1 Å². The molecule has 0 saturated carbocycles. The molecule has 0 spiro atoms. The van der Waals surface area contributed by atoms with Crippen LogP contribution in [0.3, 0.4) is 0 Å². The van der Waals surface area contributed by atoms with Crippen LogP contribution in [-0.4, -0.2) is 11.0 Å². The van der Waals surface area contributed by atoms with Crippen LogP contribution in [0.15, 0.2) is 22.8 Å². The summed E-state index contributed by atoms with van der Waals surface area (Å²) in [6.07, 6.45) is 4.02. The minimum absolute atomic E-state index is 0.0144. The lowest BCUT2D eigenvalue weighted by atomic mass is 10.2. The maximum absolute atomic E-state index is 10.8. The number of nitrogens with one attached hydrogen (secondary N) is 2. The van der Waals surface area contributed by atoms with Crippen molar-refractivity contribution in [3.63, 3.8) is 0 Å². The van der Waals surface area contributed by atoms with Crippen LogP contribution < -0.4 is 10.2 Å². The second kappa shape index (κ2) is 5.78. The summed E-state index contributed by atoms with van der Waals surface area (Å²) in [4.78, 5) is 13.6. The second-order valence-corrected chi connectivity index (χ2v) is 4.16. The predicted octanol–water partition coefficient (Wildman–Crippen LogP) is 1.88. The van der Waals surface area contributed by atoms with Crippen molar-refractivity contribution < 1.29 is 0 Å². The highest BCUT2D eigenvalue weighted by Crippen LogP contribution is 1.99. The van der Waals surface area contributed by atoms with Crippen LogP contribution in [0.25, 0.3) is 0 Å². The van der Waals surface area contributed by atoms with Crippen LogP contribution in [0.2, 0.25) is 0 Å². The number of allylic oxidation sites excluding steroid dienone is 1. The van der Waals surface area contributed by atoms with Crippen LogP contribution >= 0.6 is 11.3 Å². The van der Waals surface area contributed by atoms with Gasteiger partial charge in [-0.05, 0) is 19.8 Å². The first-order valence-electron chi connectivity index (χ1n) is 4.73. The molecule has 78 valence electrons. The molecular weight excluding hydrogens is 196 g/mol. The predicted molar refractivity (Wildman–Crippen MR) is 60.7 cm³/mol. The van der Waals surface area contributed by atoms with Crippen molar-refractivity contribution in [2.45, 2.75) is 32.4 Å². The molecule has 0 aliphatic heterocycles. The summed E-state index contributed by atoms with van der Waals surface area (Å²) < 4.78 is 0. The van der Waals surface area contributed by atoms with Gasteiger partial charge in [0, 0.05) is 23.7 Å². The maximum atomic E-state index is 10.8. The van der Waals surface area contributed by atoms with E-state index in [0.29, 0.717) is 6.04 Å². The molecular formula is C10H16N2OS. The van der Waals surface area contributed by atoms with E-state index in [1.165, 1.54) is 11.3 Å².